The molecule has 0 aromatic heterocycles. The monoisotopic (exact) mass is 1070 g/mol. The van der Waals surface area contributed by atoms with E-state index in [0.29, 0.717) is 12.8 Å². The average Bonchev–Trinajstić information content (AvgIpc) is 3.44. The number of ether oxygens (including phenoxy) is 3. The Labute approximate surface area is 480 Å². The zero-order valence-corrected chi connectivity index (χ0v) is 50.1. The fourth-order valence-corrected chi connectivity index (χ4v) is 8.09. The summed E-state index contributed by atoms with van der Waals surface area (Å²) in [5, 5.41) is 0. The molecule has 0 aromatic carbocycles. The minimum absolute atomic E-state index is 0.108. The smallest absolute Gasteiger partial charge is 0.306 e. The van der Waals surface area contributed by atoms with Crippen LogP contribution < -0.4 is 0 Å². The number of hydrogen-bond donors (Lipinski definition) is 0. The van der Waals surface area contributed by atoms with Gasteiger partial charge < -0.3 is 14.2 Å². The Hall–Kier alpha value is -4.97. The largest absolute Gasteiger partial charge is 0.462 e. The Bertz CT molecular complexity index is 1760. The zero-order valence-electron chi connectivity index (χ0n) is 50.1. The van der Waals surface area contributed by atoms with Gasteiger partial charge in [-0.25, -0.2) is 0 Å². The van der Waals surface area contributed by atoms with Gasteiger partial charge in [-0.15, -0.1) is 0 Å². The molecule has 1 atom stereocenters. The van der Waals surface area contributed by atoms with Crippen molar-refractivity contribution in [1.29, 1.82) is 0 Å². The van der Waals surface area contributed by atoms with Crippen molar-refractivity contribution < 1.29 is 28.6 Å². The van der Waals surface area contributed by atoms with E-state index < -0.39 is 6.10 Å². The molecular weight excluding hydrogens is 961 g/mol. The first kappa shape index (κ1) is 73.0. The Morgan fingerprint density at radius 3 is 0.795 bits per heavy atom. The van der Waals surface area contributed by atoms with Crippen molar-refractivity contribution in [3.8, 4) is 0 Å². The normalized spacial score (nSPS) is 13.2. The molecule has 0 radical (unpaired) electrons. The third-order valence-electron chi connectivity index (χ3n) is 12.7. The predicted molar refractivity (Wildman–Crippen MR) is 338 cm³/mol. The molecule has 0 aliphatic carbocycles. The summed E-state index contributed by atoms with van der Waals surface area (Å²) in [4.78, 5) is 38.3. The predicted octanol–water partition coefficient (Wildman–Crippen LogP) is 21.7. The molecule has 0 aliphatic heterocycles. The summed E-state index contributed by atoms with van der Waals surface area (Å²) >= 11 is 0. The molecule has 0 amide bonds. The van der Waals surface area contributed by atoms with E-state index in [2.05, 4.69) is 179 Å². The molecule has 438 valence electrons. The molecule has 0 bridgehead atoms. The number of esters is 3. The zero-order chi connectivity index (χ0) is 56.4. The van der Waals surface area contributed by atoms with Gasteiger partial charge in [0.25, 0.3) is 0 Å². The molecule has 0 fully saturated rings. The minimum atomic E-state index is -0.815. The maximum Gasteiger partial charge on any atom is 0.306 e. The molecule has 0 saturated heterocycles. The molecule has 1 unspecified atom stereocenters. The molecule has 6 nitrogen and oxygen atoms in total. The molecule has 78 heavy (non-hydrogen) atoms. The fourth-order valence-electron chi connectivity index (χ4n) is 8.09. The third-order valence-corrected chi connectivity index (χ3v) is 12.7. The van der Waals surface area contributed by atoms with Crippen molar-refractivity contribution in [2.45, 2.75) is 264 Å². The van der Waals surface area contributed by atoms with Gasteiger partial charge in [-0.1, -0.05) is 249 Å². The number of hydrogen-bond acceptors (Lipinski definition) is 6. The first-order valence-corrected chi connectivity index (χ1v) is 31.5. The van der Waals surface area contributed by atoms with Gasteiger partial charge in [0.1, 0.15) is 13.2 Å². The second-order valence-corrected chi connectivity index (χ2v) is 20.2. The van der Waals surface area contributed by atoms with Crippen LogP contribution in [-0.2, 0) is 28.6 Å². The Kier molecular flexibility index (Phi) is 60.4. The standard InChI is InChI=1S/C72H114O6/c1-4-7-10-13-16-19-22-25-28-30-32-34-36-38-40-42-44-47-50-53-56-59-62-65-71(74)77-68-69(67-76-70(73)64-61-58-55-52-49-46-27-24-21-18-15-12-9-6-3)78-72(75)66-63-60-57-54-51-48-45-43-41-39-37-35-33-31-29-26-23-20-17-14-11-8-5-2/h7-8,10-11,16-17,19-20,24-29,32-35,38-41,44-45,47-48,69H,4-6,9,12-15,18,21-23,30-31,36-37,42-43,46,49-68H2,1-3H3/b10-7-,11-8-,19-16-,20-17-,27-24-,28-25-,29-26-,34-32-,35-33-,40-38-,41-39-,47-44-,48-45-. The van der Waals surface area contributed by atoms with Gasteiger partial charge in [-0.2, -0.15) is 0 Å². The summed E-state index contributed by atoms with van der Waals surface area (Å²) in [5.74, 6) is -0.970. The van der Waals surface area contributed by atoms with Crippen molar-refractivity contribution in [1.82, 2.24) is 0 Å². The lowest BCUT2D eigenvalue weighted by Gasteiger charge is -2.18. The molecule has 0 aromatic rings. The number of allylic oxidation sites excluding steroid dienone is 26. The molecule has 0 spiro atoms. The van der Waals surface area contributed by atoms with Crippen LogP contribution in [0.2, 0.25) is 0 Å². The summed E-state index contributed by atoms with van der Waals surface area (Å²) in [5.41, 5.74) is 0. The highest BCUT2D eigenvalue weighted by molar-refractivity contribution is 5.71. The van der Waals surface area contributed by atoms with E-state index in [-0.39, 0.29) is 37.5 Å². The van der Waals surface area contributed by atoms with Crippen molar-refractivity contribution >= 4 is 17.9 Å². The summed E-state index contributed by atoms with van der Waals surface area (Å²) in [6.07, 6.45) is 93.8. The number of carbonyl (C=O) groups is 3. The van der Waals surface area contributed by atoms with E-state index >= 15 is 0 Å². The SMILES string of the molecule is CC/C=C\C/C=C\C/C=C\C/C=C\C/C=C\C/C=C\CCCCCCC(=O)OCC(COC(=O)CCCCCCC/C=C\CCCCCCC)OC(=O)CCCCCC/C=C\C/C=C\C/C=C\C/C=C\C/C=C\C/C=C\CC. The number of unbranched alkanes of at least 4 members (excludes halogenated alkanes) is 18. The van der Waals surface area contributed by atoms with E-state index in [1.54, 1.807) is 0 Å². The summed E-state index contributed by atoms with van der Waals surface area (Å²) in [6.45, 7) is 6.35. The van der Waals surface area contributed by atoms with Crippen molar-refractivity contribution in [3.05, 3.63) is 158 Å². The number of carbonyl (C=O) groups excluding carboxylic acids is 3. The molecule has 0 N–H and O–H groups in total. The van der Waals surface area contributed by atoms with Crippen LogP contribution in [-0.4, -0.2) is 37.2 Å². The molecule has 0 saturated carbocycles. The van der Waals surface area contributed by atoms with Crippen molar-refractivity contribution in [3.63, 3.8) is 0 Å². The van der Waals surface area contributed by atoms with Crippen LogP contribution >= 0.6 is 0 Å². The van der Waals surface area contributed by atoms with Crippen molar-refractivity contribution in [2.75, 3.05) is 13.2 Å². The summed E-state index contributed by atoms with van der Waals surface area (Å²) in [6, 6.07) is 0. The van der Waals surface area contributed by atoms with Crippen LogP contribution in [0.3, 0.4) is 0 Å². The molecule has 0 rings (SSSR count). The summed E-state index contributed by atoms with van der Waals surface area (Å²) < 4.78 is 16.9. The van der Waals surface area contributed by atoms with Crippen LogP contribution in [0.4, 0.5) is 0 Å². The molecule has 6 heteroatoms. The van der Waals surface area contributed by atoms with Gasteiger partial charge in [0.15, 0.2) is 6.10 Å². The highest BCUT2D eigenvalue weighted by Crippen LogP contribution is 2.13. The van der Waals surface area contributed by atoms with Crippen LogP contribution in [0.5, 0.6) is 0 Å². The van der Waals surface area contributed by atoms with Crippen LogP contribution in [0, 0.1) is 0 Å². The molecule has 0 aliphatic rings. The highest BCUT2D eigenvalue weighted by Gasteiger charge is 2.19. The van der Waals surface area contributed by atoms with E-state index in [4.69, 9.17) is 14.2 Å². The Balaban J connectivity index is 4.52. The fraction of sp³-hybridized carbons (Fsp3) is 0.597. The lowest BCUT2D eigenvalue weighted by Crippen LogP contribution is -2.30. The van der Waals surface area contributed by atoms with Crippen LogP contribution in [0.1, 0.15) is 258 Å². The van der Waals surface area contributed by atoms with E-state index in [1.165, 1.54) is 44.9 Å². The third kappa shape index (κ3) is 61.9. The first-order valence-electron chi connectivity index (χ1n) is 31.5. The first-order chi connectivity index (χ1) is 38.5. The van der Waals surface area contributed by atoms with Gasteiger partial charge in [0.05, 0.1) is 0 Å². The quantitative estimate of drug-likeness (QED) is 0.0261. The van der Waals surface area contributed by atoms with Gasteiger partial charge in [0, 0.05) is 19.3 Å². The second-order valence-electron chi connectivity index (χ2n) is 20.2. The van der Waals surface area contributed by atoms with Gasteiger partial charge >= 0.3 is 17.9 Å². The van der Waals surface area contributed by atoms with E-state index in [9.17, 15) is 14.4 Å². The maximum absolute atomic E-state index is 12.9. The van der Waals surface area contributed by atoms with E-state index in [1.807, 2.05) is 0 Å². The van der Waals surface area contributed by atoms with E-state index in [0.717, 1.165) is 173 Å². The van der Waals surface area contributed by atoms with Gasteiger partial charge in [-0.05, 0) is 148 Å². The summed E-state index contributed by atoms with van der Waals surface area (Å²) in [7, 11) is 0. The second kappa shape index (κ2) is 64.6. The van der Waals surface area contributed by atoms with Crippen LogP contribution in [0.15, 0.2) is 158 Å². The van der Waals surface area contributed by atoms with Gasteiger partial charge in [0.2, 0.25) is 0 Å². The topological polar surface area (TPSA) is 78.9 Å². The number of rotatable bonds is 55. The van der Waals surface area contributed by atoms with Gasteiger partial charge in [-0.3, -0.25) is 14.4 Å². The molecular formula is C72H114O6. The lowest BCUT2D eigenvalue weighted by atomic mass is 10.1. The molecule has 0 heterocycles. The van der Waals surface area contributed by atoms with Crippen molar-refractivity contribution in [2.24, 2.45) is 0 Å². The average molecular weight is 1080 g/mol. The lowest BCUT2D eigenvalue weighted by molar-refractivity contribution is -0.167. The highest BCUT2D eigenvalue weighted by atomic mass is 16.6. The Morgan fingerprint density at radius 2 is 0.500 bits per heavy atom. The Morgan fingerprint density at radius 1 is 0.269 bits per heavy atom. The maximum atomic E-state index is 12.9. The van der Waals surface area contributed by atoms with Crippen LogP contribution in [0.25, 0.3) is 0 Å². The minimum Gasteiger partial charge on any atom is -0.462 e.